The fourth-order valence-electron chi connectivity index (χ4n) is 3.50. The number of nitrogens with zero attached hydrogens (tertiary/aromatic N) is 1. The number of methoxy groups -OCH3 is 1. The van der Waals surface area contributed by atoms with Crippen molar-refractivity contribution < 1.29 is 13.9 Å². The van der Waals surface area contributed by atoms with Gasteiger partial charge in [0.1, 0.15) is 5.82 Å². The molecule has 0 saturated carbocycles. The standard InChI is InChI=1S/C18H25ClFN3O2/c1-25-14-4-7-23(8-5-14)13-9-12(17(20)15(19)10-13)11-22-18(24)16-3-2-6-21-16/h9-10,14,16,21H,2-8,11H2,1H3,(H,22,24)/t16-/m0/s1. The van der Waals surface area contributed by atoms with E-state index >= 15 is 0 Å². The molecule has 2 aliphatic heterocycles. The second-order valence-corrected chi connectivity index (χ2v) is 7.10. The number of hydrogen-bond donors (Lipinski definition) is 2. The van der Waals surface area contributed by atoms with E-state index in [9.17, 15) is 9.18 Å². The summed E-state index contributed by atoms with van der Waals surface area (Å²) in [7, 11) is 1.73. The topological polar surface area (TPSA) is 53.6 Å². The molecule has 1 aromatic carbocycles. The maximum absolute atomic E-state index is 14.4. The molecule has 0 aromatic heterocycles. The van der Waals surface area contributed by atoms with Gasteiger partial charge in [0.25, 0.3) is 0 Å². The first-order valence-electron chi connectivity index (χ1n) is 8.85. The number of anilines is 1. The van der Waals surface area contributed by atoms with Crippen molar-refractivity contribution in [2.75, 3.05) is 31.6 Å². The molecule has 2 N–H and O–H groups in total. The maximum Gasteiger partial charge on any atom is 0.237 e. The van der Waals surface area contributed by atoms with E-state index in [1.165, 1.54) is 0 Å². The van der Waals surface area contributed by atoms with Crippen molar-refractivity contribution in [2.24, 2.45) is 0 Å². The van der Waals surface area contributed by atoms with Gasteiger partial charge in [-0.1, -0.05) is 11.6 Å². The van der Waals surface area contributed by atoms with Crippen molar-refractivity contribution in [3.63, 3.8) is 0 Å². The summed E-state index contributed by atoms with van der Waals surface area (Å²) in [6.45, 7) is 2.69. The summed E-state index contributed by atoms with van der Waals surface area (Å²) >= 11 is 6.09. The van der Waals surface area contributed by atoms with E-state index in [2.05, 4.69) is 15.5 Å². The molecule has 1 atom stereocenters. The summed E-state index contributed by atoms with van der Waals surface area (Å²) in [6.07, 6.45) is 3.97. The minimum Gasteiger partial charge on any atom is -0.381 e. The average molecular weight is 370 g/mol. The molecule has 0 aliphatic carbocycles. The third-order valence-electron chi connectivity index (χ3n) is 5.06. The molecule has 138 valence electrons. The van der Waals surface area contributed by atoms with E-state index < -0.39 is 5.82 Å². The molecule has 1 amide bonds. The van der Waals surface area contributed by atoms with Gasteiger partial charge in [-0.25, -0.2) is 4.39 Å². The van der Waals surface area contributed by atoms with Crippen molar-refractivity contribution in [3.8, 4) is 0 Å². The Kier molecular flexibility index (Phi) is 6.15. The zero-order valence-corrected chi connectivity index (χ0v) is 15.2. The summed E-state index contributed by atoms with van der Waals surface area (Å²) in [5, 5.41) is 6.05. The first kappa shape index (κ1) is 18.4. The lowest BCUT2D eigenvalue weighted by Crippen LogP contribution is -2.40. The summed E-state index contributed by atoms with van der Waals surface area (Å²) in [6, 6.07) is 3.28. The highest BCUT2D eigenvalue weighted by molar-refractivity contribution is 6.31. The Labute approximate surface area is 152 Å². The van der Waals surface area contributed by atoms with Crippen LogP contribution in [0.2, 0.25) is 5.02 Å². The van der Waals surface area contributed by atoms with E-state index in [0.29, 0.717) is 5.56 Å². The second kappa shape index (κ2) is 8.34. The Balaban J connectivity index is 1.67. The number of rotatable bonds is 5. The highest BCUT2D eigenvalue weighted by atomic mass is 35.5. The molecule has 5 nitrogen and oxygen atoms in total. The van der Waals surface area contributed by atoms with Crippen LogP contribution < -0.4 is 15.5 Å². The predicted molar refractivity (Wildman–Crippen MR) is 96.5 cm³/mol. The third kappa shape index (κ3) is 4.43. The monoisotopic (exact) mass is 369 g/mol. The lowest BCUT2D eigenvalue weighted by atomic mass is 10.1. The predicted octanol–water partition coefficient (Wildman–Crippen LogP) is 2.46. The molecule has 1 aromatic rings. The van der Waals surface area contributed by atoms with Crippen molar-refractivity contribution in [3.05, 3.63) is 28.5 Å². The van der Waals surface area contributed by atoms with Crippen LogP contribution in [0.5, 0.6) is 0 Å². The number of hydrogen-bond acceptors (Lipinski definition) is 4. The first-order valence-corrected chi connectivity index (χ1v) is 9.23. The first-order chi connectivity index (χ1) is 12.1. The fraction of sp³-hybridized carbons (Fsp3) is 0.611. The minimum atomic E-state index is -0.461. The van der Waals surface area contributed by atoms with Gasteiger partial charge in [0.2, 0.25) is 5.91 Å². The van der Waals surface area contributed by atoms with Crippen LogP contribution in [0, 0.1) is 5.82 Å². The largest absolute Gasteiger partial charge is 0.381 e. The van der Waals surface area contributed by atoms with Gasteiger partial charge < -0.3 is 20.3 Å². The highest BCUT2D eigenvalue weighted by Crippen LogP contribution is 2.29. The molecule has 2 aliphatic rings. The number of halogens is 2. The van der Waals surface area contributed by atoms with Crippen LogP contribution in [0.15, 0.2) is 12.1 Å². The Morgan fingerprint density at radius 1 is 1.40 bits per heavy atom. The van der Waals surface area contributed by atoms with Gasteiger partial charge in [0.05, 0.1) is 17.2 Å². The molecule has 2 saturated heterocycles. The summed E-state index contributed by atoms with van der Waals surface area (Å²) in [5.74, 6) is -0.545. The molecule has 0 radical (unpaired) electrons. The normalized spacial score (nSPS) is 21.6. The Morgan fingerprint density at radius 2 is 2.16 bits per heavy atom. The van der Waals surface area contributed by atoms with Crippen molar-refractivity contribution in [2.45, 2.75) is 44.4 Å². The van der Waals surface area contributed by atoms with Gasteiger partial charge in [-0.2, -0.15) is 0 Å². The zero-order chi connectivity index (χ0) is 17.8. The number of nitrogens with one attached hydrogen (secondary N) is 2. The van der Waals surface area contributed by atoms with Gasteiger partial charge in [-0.3, -0.25) is 4.79 Å². The lowest BCUT2D eigenvalue weighted by molar-refractivity contribution is -0.122. The number of carbonyl (C=O) groups is 1. The SMILES string of the molecule is COC1CCN(c2cc(Cl)c(F)c(CNC(=O)[C@@H]3CCCN3)c2)CC1. The number of carbonyl (C=O) groups excluding carboxylic acids is 1. The van der Waals surface area contributed by atoms with Gasteiger partial charge in [-0.05, 0) is 44.4 Å². The number of piperidine rings is 1. The molecule has 0 unspecified atom stereocenters. The third-order valence-corrected chi connectivity index (χ3v) is 5.33. The average Bonchev–Trinajstić information content (AvgIpc) is 3.17. The van der Waals surface area contributed by atoms with Crippen LogP contribution in [-0.2, 0) is 16.1 Å². The van der Waals surface area contributed by atoms with Crippen molar-refractivity contribution >= 4 is 23.2 Å². The van der Waals surface area contributed by atoms with Crippen LogP contribution in [0.4, 0.5) is 10.1 Å². The molecule has 2 fully saturated rings. The van der Waals surface area contributed by atoms with Gasteiger partial charge in [-0.15, -0.1) is 0 Å². The highest BCUT2D eigenvalue weighted by Gasteiger charge is 2.23. The number of benzene rings is 1. The lowest BCUT2D eigenvalue weighted by Gasteiger charge is -2.33. The fourth-order valence-corrected chi connectivity index (χ4v) is 3.74. The van der Waals surface area contributed by atoms with E-state index in [0.717, 1.165) is 51.0 Å². The zero-order valence-electron chi connectivity index (χ0n) is 14.5. The number of ether oxygens (including phenoxy) is 1. The van der Waals surface area contributed by atoms with E-state index in [1.54, 1.807) is 19.2 Å². The molecule has 3 rings (SSSR count). The van der Waals surface area contributed by atoms with Crippen LogP contribution in [-0.4, -0.2) is 44.8 Å². The Morgan fingerprint density at radius 3 is 2.80 bits per heavy atom. The van der Waals surface area contributed by atoms with Crippen molar-refractivity contribution in [1.82, 2.24) is 10.6 Å². The molecular formula is C18H25ClFN3O2. The van der Waals surface area contributed by atoms with Gasteiger partial charge in [0.15, 0.2) is 0 Å². The second-order valence-electron chi connectivity index (χ2n) is 6.69. The van der Waals surface area contributed by atoms with Gasteiger partial charge >= 0.3 is 0 Å². The molecule has 2 heterocycles. The van der Waals surface area contributed by atoms with Crippen LogP contribution in [0.1, 0.15) is 31.2 Å². The minimum absolute atomic E-state index is 0.0839. The Bertz CT molecular complexity index is 615. The van der Waals surface area contributed by atoms with E-state index in [1.807, 2.05) is 0 Å². The quantitative estimate of drug-likeness (QED) is 0.837. The molecule has 7 heteroatoms. The molecule has 25 heavy (non-hydrogen) atoms. The molecular weight excluding hydrogens is 345 g/mol. The van der Waals surface area contributed by atoms with Gasteiger partial charge in [0, 0.05) is 38.0 Å². The summed E-state index contributed by atoms with van der Waals surface area (Å²) < 4.78 is 19.7. The summed E-state index contributed by atoms with van der Waals surface area (Å²) in [4.78, 5) is 14.3. The Hall–Kier alpha value is -1.37. The maximum atomic E-state index is 14.4. The van der Waals surface area contributed by atoms with E-state index in [4.69, 9.17) is 16.3 Å². The number of amides is 1. The van der Waals surface area contributed by atoms with Crippen LogP contribution in [0.3, 0.4) is 0 Å². The smallest absolute Gasteiger partial charge is 0.237 e. The molecule has 0 bridgehead atoms. The summed E-state index contributed by atoms with van der Waals surface area (Å²) in [5.41, 5.74) is 1.31. The van der Waals surface area contributed by atoms with E-state index in [-0.39, 0.29) is 29.6 Å². The van der Waals surface area contributed by atoms with Crippen LogP contribution in [0.25, 0.3) is 0 Å². The van der Waals surface area contributed by atoms with Crippen LogP contribution >= 0.6 is 11.6 Å². The molecule has 0 spiro atoms. The van der Waals surface area contributed by atoms with Crippen molar-refractivity contribution in [1.29, 1.82) is 0 Å².